The number of tetrazole rings is 1. The molecule has 0 spiro atoms. The van der Waals surface area contributed by atoms with E-state index in [1.54, 1.807) is 0 Å². The molecule has 0 aliphatic heterocycles. The van der Waals surface area contributed by atoms with Crippen molar-refractivity contribution >= 4 is 11.6 Å². The first-order valence-electron chi connectivity index (χ1n) is 7.60. The van der Waals surface area contributed by atoms with Crippen molar-refractivity contribution in [3.05, 3.63) is 51.4 Å². The Balaban J connectivity index is 1.74. The maximum Gasteiger partial charge on any atom is 0.289 e. The minimum absolute atomic E-state index is 0.0225. The molecule has 0 fully saturated rings. The second-order valence-corrected chi connectivity index (χ2v) is 6.82. The van der Waals surface area contributed by atoms with Gasteiger partial charge < -0.3 is 4.74 Å². The minimum atomic E-state index is -0.454. The standard InChI is InChI=1S/C16H17ClN6O2/c1-16(2,3)23-15(24)13(17)12(8-18-23)25-9-10-4-6-11(7-5-10)14-19-21-22-20-14/h4-8H,9H2,1-3H3,(H,19,20,21,22). The van der Waals surface area contributed by atoms with E-state index in [-0.39, 0.29) is 22.9 Å². The molecule has 0 bridgehead atoms. The molecule has 25 heavy (non-hydrogen) atoms. The molecule has 0 atom stereocenters. The second-order valence-electron chi connectivity index (χ2n) is 6.45. The molecule has 8 nitrogen and oxygen atoms in total. The molecule has 9 heteroatoms. The molecule has 0 amide bonds. The lowest BCUT2D eigenvalue weighted by Crippen LogP contribution is -2.36. The van der Waals surface area contributed by atoms with E-state index in [1.165, 1.54) is 10.9 Å². The molecule has 0 saturated heterocycles. The molecule has 0 aliphatic rings. The Morgan fingerprint density at radius 2 is 1.96 bits per heavy atom. The van der Waals surface area contributed by atoms with Gasteiger partial charge in [-0.15, -0.1) is 5.10 Å². The molecule has 0 aliphatic carbocycles. The van der Waals surface area contributed by atoms with Gasteiger partial charge >= 0.3 is 0 Å². The zero-order chi connectivity index (χ0) is 18.0. The fraction of sp³-hybridized carbons (Fsp3) is 0.312. The summed E-state index contributed by atoms with van der Waals surface area (Å²) in [6.45, 7) is 5.90. The molecule has 1 N–H and O–H groups in total. The van der Waals surface area contributed by atoms with Crippen molar-refractivity contribution < 1.29 is 4.74 Å². The molecular weight excluding hydrogens is 344 g/mol. The van der Waals surface area contributed by atoms with Crippen molar-refractivity contribution in [2.24, 2.45) is 0 Å². The normalized spacial score (nSPS) is 11.5. The molecule has 0 unspecified atom stereocenters. The highest BCUT2D eigenvalue weighted by atomic mass is 35.5. The van der Waals surface area contributed by atoms with Crippen LogP contribution in [0.4, 0.5) is 0 Å². The van der Waals surface area contributed by atoms with E-state index in [2.05, 4.69) is 25.7 Å². The zero-order valence-electron chi connectivity index (χ0n) is 14.0. The molecule has 130 valence electrons. The predicted molar refractivity (Wildman–Crippen MR) is 92.4 cm³/mol. The topological polar surface area (TPSA) is 98.6 Å². The number of benzene rings is 1. The monoisotopic (exact) mass is 360 g/mol. The van der Waals surface area contributed by atoms with Gasteiger partial charge in [0.15, 0.2) is 16.6 Å². The highest BCUT2D eigenvalue weighted by Crippen LogP contribution is 2.22. The smallest absolute Gasteiger partial charge is 0.289 e. The van der Waals surface area contributed by atoms with Crippen LogP contribution in [0.25, 0.3) is 11.4 Å². The van der Waals surface area contributed by atoms with Crippen LogP contribution in [-0.4, -0.2) is 30.4 Å². The number of H-pyrrole nitrogens is 1. The lowest BCUT2D eigenvalue weighted by molar-refractivity contribution is 0.292. The maximum atomic E-state index is 12.3. The van der Waals surface area contributed by atoms with Crippen molar-refractivity contribution in [3.63, 3.8) is 0 Å². The lowest BCUT2D eigenvalue weighted by atomic mass is 10.1. The van der Waals surface area contributed by atoms with Crippen LogP contribution in [0.5, 0.6) is 5.75 Å². The van der Waals surface area contributed by atoms with Gasteiger partial charge in [0.05, 0.1) is 11.7 Å². The molecule has 3 rings (SSSR count). The number of nitrogens with one attached hydrogen (secondary N) is 1. The largest absolute Gasteiger partial charge is 0.485 e. The number of hydrogen-bond acceptors (Lipinski definition) is 6. The molecule has 0 saturated carbocycles. The fourth-order valence-electron chi connectivity index (χ4n) is 2.20. The third-order valence-corrected chi connectivity index (χ3v) is 3.84. The van der Waals surface area contributed by atoms with Gasteiger partial charge in [0.2, 0.25) is 0 Å². The first-order valence-corrected chi connectivity index (χ1v) is 7.98. The summed E-state index contributed by atoms with van der Waals surface area (Å²) in [4.78, 5) is 12.3. The molecule has 1 aromatic carbocycles. The summed E-state index contributed by atoms with van der Waals surface area (Å²) >= 11 is 6.14. The Morgan fingerprint density at radius 3 is 2.56 bits per heavy atom. The van der Waals surface area contributed by atoms with Crippen molar-refractivity contribution in [3.8, 4) is 17.1 Å². The number of aromatic amines is 1. The summed E-state index contributed by atoms with van der Waals surface area (Å²) in [6, 6.07) is 7.52. The van der Waals surface area contributed by atoms with Gasteiger partial charge in [0.1, 0.15) is 6.61 Å². The van der Waals surface area contributed by atoms with E-state index in [4.69, 9.17) is 16.3 Å². The Bertz CT molecular complexity index is 913. The van der Waals surface area contributed by atoms with Crippen molar-refractivity contribution in [2.75, 3.05) is 0 Å². The molecule has 3 aromatic rings. The average Bonchev–Trinajstić information content (AvgIpc) is 3.10. The van der Waals surface area contributed by atoms with Gasteiger partial charge in [0.25, 0.3) is 5.56 Å². The van der Waals surface area contributed by atoms with Crippen molar-refractivity contribution in [1.82, 2.24) is 30.4 Å². The highest BCUT2D eigenvalue weighted by Gasteiger charge is 2.20. The Hall–Kier alpha value is -2.74. The number of ether oxygens (including phenoxy) is 1. The SMILES string of the molecule is CC(C)(C)n1ncc(OCc2ccc(-c3nnn[nH]3)cc2)c(Cl)c1=O. The van der Waals surface area contributed by atoms with Crippen molar-refractivity contribution in [2.45, 2.75) is 32.9 Å². The molecule has 0 radical (unpaired) electrons. The van der Waals surface area contributed by atoms with E-state index < -0.39 is 5.54 Å². The van der Waals surface area contributed by atoms with Crippen LogP contribution >= 0.6 is 11.6 Å². The number of rotatable bonds is 4. The zero-order valence-corrected chi connectivity index (χ0v) is 14.8. The Kier molecular flexibility index (Phi) is 4.54. The highest BCUT2D eigenvalue weighted by molar-refractivity contribution is 6.31. The van der Waals surface area contributed by atoms with Gasteiger partial charge in [-0.3, -0.25) is 4.79 Å². The number of halogens is 1. The van der Waals surface area contributed by atoms with Crippen LogP contribution in [0.15, 0.2) is 35.3 Å². The van der Waals surface area contributed by atoms with E-state index in [1.807, 2.05) is 45.0 Å². The van der Waals surface area contributed by atoms with E-state index in [0.29, 0.717) is 5.82 Å². The van der Waals surface area contributed by atoms with Crippen LogP contribution in [-0.2, 0) is 12.1 Å². The fourth-order valence-corrected chi connectivity index (χ4v) is 2.38. The van der Waals surface area contributed by atoms with Crippen LogP contribution in [0, 0.1) is 0 Å². The number of nitrogens with zero attached hydrogens (tertiary/aromatic N) is 5. The summed E-state index contributed by atoms with van der Waals surface area (Å²) in [6.07, 6.45) is 1.46. The third-order valence-electron chi connectivity index (χ3n) is 3.49. The third kappa shape index (κ3) is 3.69. The van der Waals surface area contributed by atoms with Crippen molar-refractivity contribution in [1.29, 1.82) is 0 Å². The van der Waals surface area contributed by atoms with Gasteiger partial charge in [-0.25, -0.2) is 9.78 Å². The predicted octanol–water partition coefficient (Wildman–Crippen LogP) is 2.41. The van der Waals surface area contributed by atoms with Crippen LogP contribution < -0.4 is 10.3 Å². The Morgan fingerprint density at radius 1 is 1.24 bits per heavy atom. The maximum absolute atomic E-state index is 12.3. The lowest BCUT2D eigenvalue weighted by Gasteiger charge is -2.21. The summed E-state index contributed by atoms with van der Waals surface area (Å²) in [7, 11) is 0. The van der Waals surface area contributed by atoms with Gasteiger partial charge in [-0.1, -0.05) is 35.9 Å². The molecule has 2 aromatic heterocycles. The molecular formula is C16H17ClN6O2. The number of aromatic nitrogens is 6. The summed E-state index contributed by atoms with van der Waals surface area (Å²) < 4.78 is 6.98. The summed E-state index contributed by atoms with van der Waals surface area (Å²) in [5, 5.41) is 17.8. The first kappa shape index (κ1) is 17.1. The number of hydrogen-bond donors (Lipinski definition) is 1. The average molecular weight is 361 g/mol. The van der Waals surface area contributed by atoms with E-state index in [0.717, 1.165) is 11.1 Å². The van der Waals surface area contributed by atoms with Gasteiger partial charge in [-0.05, 0) is 36.8 Å². The minimum Gasteiger partial charge on any atom is -0.485 e. The molecule has 2 heterocycles. The van der Waals surface area contributed by atoms with Gasteiger partial charge in [-0.2, -0.15) is 5.10 Å². The first-order chi connectivity index (χ1) is 11.9. The van der Waals surface area contributed by atoms with Crippen LogP contribution in [0.1, 0.15) is 26.3 Å². The quantitative estimate of drug-likeness (QED) is 0.767. The van der Waals surface area contributed by atoms with Gasteiger partial charge in [0, 0.05) is 5.56 Å². The Labute approximate surface area is 148 Å². The van der Waals surface area contributed by atoms with Crippen LogP contribution in [0.3, 0.4) is 0 Å². The second kappa shape index (κ2) is 6.64. The van der Waals surface area contributed by atoms with Crippen LogP contribution in [0.2, 0.25) is 5.02 Å². The van der Waals surface area contributed by atoms with E-state index >= 15 is 0 Å². The summed E-state index contributed by atoms with van der Waals surface area (Å²) in [5.41, 5.74) is 0.943. The van der Waals surface area contributed by atoms with E-state index in [9.17, 15) is 4.79 Å². The summed E-state index contributed by atoms with van der Waals surface area (Å²) in [5.74, 6) is 0.848.